The van der Waals surface area contributed by atoms with E-state index in [1.807, 2.05) is 4.68 Å². The fourth-order valence-electron chi connectivity index (χ4n) is 1.80. The van der Waals surface area contributed by atoms with Crippen LogP contribution < -0.4 is 5.32 Å². The van der Waals surface area contributed by atoms with Gasteiger partial charge in [-0.2, -0.15) is 0 Å². The van der Waals surface area contributed by atoms with Crippen LogP contribution in [-0.4, -0.2) is 46.1 Å². The Balaban J connectivity index is 1.97. The van der Waals surface area contributed by atoms with Gasteiger partial charge in [-0.3, -0.25) is 4.90 Å². The van der Waals surface area contributed by atoms with Crippen molar-refractivity contribution in [3.8, 4) is 0 Å². The van der Waals surface area contributed by atoms with Crippen LogP contribution >= 0.6 is 0 Å². The van der Waals surface area contributed by atoms with E-state index in [0.717, 1.165) is 38.4 Å². The molecular formula is C11H21N5. The maximum Gasteiger partial charge on any atom is 0.0967 e. The van der Waals surface area contributed by atoms with Gasteiger partial charge in [0, 0.05) is 32.7 Å². The fourth-order valence-corrected chi connectivity index (χ4v) is 1.80. The average molecular weight is 223 g/mol. The second-order valence-electron chi connectivity index (χ2n) is 5.35. The minimum Gasteiger partial charge on any atom is -0.314 e. The van der Waals surface area contributed by atoms with Gasteiger partial charge in [0.05, 0.1) is 17.4 Å². The van der Waals surface area contributed by atoms with Crippen LogP contribution in [0, 0.1) is 0 Å². The zero-order valence-electron chi connectivity index (χ0n) is 10.4. The number of rotatable bonds is 2. The number of nitrogens with one attached hydrogen (secondary N) is 1. The summed E-state index contributed by atoms with van der Waals surface area (Å²) in [6, 6.07) is 0. The lowest BCUT2D eigenvalue weighted by Crippen LogP contribution is -2.42. The second kappa shape index (κ2) is 4.51. The van der Waals surface area contributed by atoms with E-state index >= 15 is 0 Å². The van der Waals surface area contributed by atoms with Crippen molar-refractivity contribution in [3.05, 3.63) is 11.9 Å². The summed E-state index contributed by atoms with van der Waals surface area (Å²) in [6.45, 7) is 11.7. The highest BCUT2D eigenvalue weighted by Gasteiger charge is 2.17. The quantitative estimate of drug-likeness (QED) is 0.790. The Morgan fingerprint density at radius 1 is 1.31 bits per heavy atom. The molecule has 0 saturated carbocycles. The summed E-state index contributed by atoms with van der Waals surface area (Å²) in [5.41, 5.74) is 1.09. The van der Waals surface area contributed by atoms with Crippen molar-refractivity contribution in [1.82, 2.24) is 25.2 Å². The highest BCUT2D eigenvalue weighted by Crippen LogP contribution is 2.12. The van der Waals surface area contributed by atoms with E-state index in [1.54, 1.807) is 0 Å². The lowest BCUT2D eigenvalue weighted by molar-refractivity contribution is 0.230. The van der Waals surface area contributed by atoms with Crippen molar-refractivity contribution in [3.63, 3.8) is 0 Å². The number of hydrogen-bond donors (Lipinski definition) is 1. The van der Waals surface area contributed by atoms with Crippen molar-refractivity contribution in [1.29, 1.82) is 0 Å². The Labute approximate surface area is 96.8 Å². The third-order valence-electron chi connectivity index (χ3n) is 2.82. The van der Waals surface area contributed by atoms with Crippen molar-refractivity contribution in [2.24, 2.45) is 0 Å². The summed E-state index contributed by atoms with van der Waals surface area (Å²) in [5, 5.41) is 11.8. The van der Waals surface area contributed by atoms with Gasteiger partial charge in [-0.1, -0.05) is 5.21 Å². The molecule has 0 spiro atoms. The number of piperazine rings is 1. The molecule has 5 nitrogen and oxygen atoms in total. The van der Waals surface area contributed by atoms with Crippen LogP contribution in [0.1, 0.15) is 26.5 Å². The van der Waals surface area contributed by atoms with Crippen LogP contribution in [0.15, 0.2) is 6.20 Å². The zero-order valence-corrected chi connectivity index (χ0v) is 10.4. The Morgan fingerprint density at radius 2 is 2.00 bits per heavy atom. The summed E-state index contributed by atoms with van der Waals surface area (Å²) in [4.78, 5) is 2.41. The predicted octanol–water partition coefficient (Wildman–Crippen LogP) is 0.438. The SMILES string of the molecule is CC(C)(C)n1cc(CN2CCNCC2)nn1. The Kier molecular flexibility index (Phi) is 3.25. The van der Waals surface area contributed by atoms with Crippen LogP contribution in [0.25, 0.3) is 0 Å². The van der Waals surface area contributed by atoms with Gasteiger partial charge in [0.1, 0.15) is 0 Å². The minimum absolute atomic E-state index is 0.0225. The van der Waals surface area contributed by atoms with E-state index in [2.05, 4.69) is 47.5 Å². The summed E-state index contributed by atoms with van der Waals surface area (Å²) < 4.78 is 1.94. The monoisotopic (exact) mass is 223 g/mol. The number of hydrogen-bond acceptors (Lipinski definition) is 4. The van der Waals surface area contributed by atoms with Gasteiger partial charge in [-0.25, -0.2) is 4.68 Å². The van der Waals surface area contributed by atoms with Crippen molar-refractivity contribution in [2.45, 2.75) is 32.9 Å². The van der Waals surface area contributed by atoms with Crippen molar-refractivity contribution in [2.75, 3.05) is 26.2 Å². The first-order valence-electron chi connectivity index (χ1n) is 5.90. The molecule has 16 heavy (non-hydrogen) atoms. The van der Waals surface area contributed by atoms with E-state index < -0.39 is 0 Å². The molecule has 0 aromatic carbocycles. The molecule has 1 aromatic heterocycles. The molecule has 1 aromatic rings. The van der Waals surface area contributed by atoms with Crippen LogP contribution in [0.4, 0.5) is 0 Å². The molecule has 2 rings (SSSR count). The number of aromatic nitrogens is 3. The van der Waals surface area contributed by atoms with Crippen LogP contribution in [0.2, 0.25) is 0 Å². The van der Waals surface area contributed by atoms with E-state index in [1.165, 1.54) is 0 Å². The standard InChI is InChI=1S/C11H21N5/c1-11(2,3)16-9-10(13-14-16)8-15-6-4-12-5-7-15/h9,12H,4-8H2,1-3H3. The first kappa shape index (κ1) is 11.5. The largest absolute Gasteiger partial charge is 0.314 e. The van der Waals surface area contributed by atoms with Crippen molar-refractivity contribution >= 4 is 0 Å². The molecule has 1 fully saturated rings. The molecule has 1 aliphatic rings. The average Bonchev–Trinajstić information content (AvgIpc) is 2.67. The Hall–Kier alpha value is -0.940. The maximum atomic E-state index is 4.23. The minimum atomic E-state index is 0.0225. The van der Waals surface area contributed by atoms with Crippen LogP contribution in [-0.2, 0) is 12.1 Å². The van der Waals surface area contributed by atoms with Gasteiger partial charge in [-0.05, 0) is 20.8 Å². The van der Waals surface area contributed by atoms with Gasteiger partial charge in [0.25, 0.3) is 0 Å². The normalized spacial score (nSPS) is 18.9. The molecule has 90 valence electrons. The van der Waals surface area contributed by atoms with Crippen LogP contribution in [0.3, 0.4) is 0 Å². The van der Waals surface area contributed by atoms with Crippen LogP contribution in [0.5, 0.6) is 0 Å². The lowest BCUT2D eigenvalue weighted by Gasteiger charge is -2.26. The molecule has 0 radical (unpaired) electrons. The first-order chi connectivity index (χ1) is 7.55. The molecule has 1 N–H and O–H groups in total. The molecule has 0 amide bonds. The molecule has 5 heteroatoms. The second-order valence-corrected chi connectivity index (χ2v) is 5.35. The molecule has 0 bridgehead atoms. The number of nitrogens with zero attached hydrogens (tertiary/aromatic N) is 4. The summed E-state index contributed by atoms with van der Waals surface area (Å²) in [5.74, 6) is 0. The summed E-state index contributed by atoms with van der Waals surface area (Å²) in [6.07, 6.45) is 2.06. The fraction of sp³-hybridized carbons (Fsp3) is 0.818. The smallest absolute Gasteiger partial charge is 0.0967 e. The molecule has 1 saturated heterocycles. The highest BCUT2D eigenvalue weighted by atomic mass is 15.4. The third-order valence-corrected chi connectivity index (χ3v) is 2.82. The molecular weight excluding hydrogens is 202 g/mol. The van der Waals surface area contributed by atoms with E-state index in [0.29, 0.717) is 0 Å². The topological polar surface area (TPSA) is 46.0 Å². The predicted molar refractivity (Wildman–Crippen MR) is 63.2 cm³/mol. The zero-order chi connectivity index (χ0) is 11.6. The maximum absolute atomic E-state index is 4.23. The molecule has 0 atom stereocenters. The molecule has 0 unspecified atom stereocenters. The van der Waals surface area contributed by atoms with E-state index in [4.69, 9.17) is 0 Å². The van der Waals surface area contributed by atoms with Gasteiger partial charge in [-0.15, -0.1) is 5.10 Å². The molecule has 0 aliphatic carbocycles. The van der Waals surface area contributed by atoms with Gasteiger partial charge in [0.2, 0.25) is 0 Å². The van der Waals surface area contributed by atoms with Crippen molar-refractivity contribution < 1.29 is 0 Å². The van der Waals surface area contributed by atoms with E-state index in [-0.39, 0.29) is 5.54 Å². The summed E-state index contributed by atoms with van der Waals surface area (Å²) in [7, 11) is 0. The van der Waals surface area contributed by atoms with Gasteiger partial charge < -0.3 is 5.32 Å². The first-order valence-corrected chi connectivity index (χ1v) is 5.90. The lowest BCUT2D eigenvalue weighted by atomic mass is 10.1. The van der Waals surface area contributed by atoms with E-state index in [9.17, 15) is 0 Å². The molecule has 1 aliphatic heterocycles. The van der Waals surface area contributed by atoms with Gasteiger partial charge in [0.15, 0.2) is 0 Å². The molecule has 2 heterocycles. The summed E-state index contributed by atoms with van der Waals surface area (Å²) >= 11 is 0. The highest BCUT2D eigenvalue weighted by molar-refractivity contribution is 4.95. The van der Waals surface area contributed by atoms with Gasteiger partial charge >= 0.3 is 0 Å². The third kappa shape index (κ3) is 2.80. The Bertz CT molecular complexity index is 332. The Morgan fingerprint density at radius 3 is 2.56 bits per heavy atom.